The Kier molecular flexibility index (Phi) is 5.97. The van der Waals surface area contributed by atoms with E-state index in [1.807, 2.05) is 0 Å². The summed E-state index contributed by atoms with van der Waals surface area (Å²) in [5, 5.41) is 49.3. The Morgan fingerprint density at radius 2 is 1.76 bits per heavy atom. The minimum absolute atomic E-state index is 0.0999. The van der Waals surface area contributed by atoms with Gasteiger partial charge in [-0.2, -0.15) is 0 Å². The number of hydrogen-bond acceptors (Lipinski definition) is 8. The van der Waals surface area contributed by atoms with Gasteiger partial charge in [0.1, 0.15) is 11.9 Å². The summed E-state index contributed by atoms with van der Waals surface area (Å²) >= 11 is 0. The first kappa shape index (κ1) is 21.7. The van der Waals surface area contributed by atoms with E-state index in [9.17, 15) is 34.0 Å². The zero-order chi connectivity index (χ0) is 21.4. The lowest BCUT2D eigenvalue weighted by atomic mass is 9.64. The average Bonchev–Trinajstić information content (AvgIpc) is 2.74. The van der Waals surface area contributed by atoms with Gasteiger partial charge < -0.3 is 30.3 Å². The molecule has 2 aromatic rings. The fourth-order valence-electron chi connectivity index (χ4n) is 3.44. The number of aliphatic hydroxyl groups excluding tert-OH is 4. The molecule has 1 aliphatic carbocycles. The fourth-order valence-corrected chi connectivity index (χ4v) is 4.39. The van der Waals surface area contributed by atoms with Crippen molar-refractivity contribution in [2.45, 2.75) is 29.0 Å². The summed E-state index contributed by atoms with van der Waals surface area (Å²) in [6, 6.07) is 12.5. The zero-order valence-corrected chi connectivity index (χ0v) is 16.3. The number of benzene rings is 2. The van der Waals surface area contributed by atoms with Crippen LogP contribution in [0.25, 0.3) is 11.1 Å². The molecule has 0 saturated heterocycles. The average molecular weight is 425 g/mol. The normalized spacial score (nSPS) is 27.9. The SMILES string of the molecule is CNS(=O)(=O)c1ccccc1-c1ccc(OC(O)C2(O)C(O)C(O)C2CO)cc1. The van der Waals surface area contributed by atoms with Crippen LogP contribution in [0, 0.1) is 5.92 Å². The largest absolute Gasteiger partial charge is 0.462 e. The highest BCUT2D eigenvalue weighted by Crippen LogP contribution is 2.42. The van der Waals surface area contributed by atoms with E-state index in [4.69, 9.17) is 4.74 Å². The van der Waals surface area contributed by atoms with Crippen LogP contribution >= 0.6 is 0 Å². The van der Waals surface area contributed by atoms with E-state index in [-0.39, 0.29) is 10.6 Å². The van der Waals surface area contributed by atoms with E-state index in [1.54, 1.807) is 30.3 Å². The summed E-state index contributed by atoms with van der Waals surface area (Å²) in [7, 11) is -2.35. The molecule has 0 aromatic heterocycles. The maximum Gasteiger partial charge on any atom is 0.240 e. The first-order chi connectivity index (χ1) is 13.7. The van der Waals surface area contributed by atoms with Gasteiger partial charge in [0.05, 0.1) is 17.6 Å². The molecule has 0 heterocycles. The number of aliphatic hydroxyl groups is 5. The Morgan fingerprint density at radius 3 is 2.34 bits per heavy atom. The molecule has 1 saturated carbocycles. The summed E-state index contributed by atoms with van der Waals surface area (Å²) in [6.07, 6.45) is -4.95. The first-order valence-electron chi connectivity index (χ1n) is 8.84. The molecular formula is C19H23NO8S. The minimum atomic E-state index is -3.67. The molecule has 1 fully saturated rings. The van der Waals surface area contributed by atoms with Crippen LogP contribution in [0.3, 0.4) is 0 Å². The summed E-state index contributed by atoms with van der Waals surface area (Å²) in [6.45, 7) is -0.648. The first-order valence-corrected chi connectivity index (χ1v) is 10.3. The van der Waals surface area contributed by atoms with Crippen LogP contribution in [-0.2, 0) is 10.0 Å². The van der Waals surface area contributed by atoms with Gasteiger partial charge in [-0.3, -0.25) is 0 Å². The van der Waals surface area contributed by atoms with Crippen LogP contribution in [0.15, 0.2) is 53.4 Å². The van der Waals surface area contributed by atoms with E-state index in [1.165, 1.54) is 25.2 Å². The molecule has 9 nitrogen and oxygen atoms in total. The van der Waals surface area contributed by atoms with Gasteiger partial charge in [-0.25, -0.2) is 13.1 Å². The molecule has 0 aliphatic heterocycles. The third-order valence-electron chi connectivity index (χ3n) is 5.25. The van der Waals surface area contributed by atoms with Crippen molar-refractivity contribution in [1.82, 2.24) is 4.72 Å². The number of ether oxygens (including phenoxy) is 1. The van der Waals surface area contributed by atoms with Crippen molar-refractivity contribution < 1.29 is 38.7 Å². The Balaban J connectivity index is 1.82. The van der Waals surface area contributed by atoms with E-state index in [2.05, 4.69) is 4.72 Å². The Bertz CT molecular complexity index is 964. The van der Waals surface area contributed by atoms with E-state index < -0.39 is 46.6 Å². The second kappa shape index (κ2) is 8.00. The second-order valence-corrected chi connectivity index (χ2v) is 8.67. The number of rotatable bonds is 7. The van der Waals surface area contributed by atoms with Gasteiger partial charge in [0.15, 0.2) is 5.60 Å². The van der Waals surface area contributed by atoms with Gasteiger partial charge >= 0.3 is 0 Å². The number of hydrogen-bond donors (Lipinski definition) is 6. The van der Waals surface area contributed by atoms with Crippen molar-refractivity contribution in [3.05, 3.63) is 48.5 Å². The van der Waals surface area contributed by atoms with Gasteiger partial charge in [-0.05, 0) is 30.8 Å². The van der Waals surface area contributed by atoms with E-state index >= 15 is 0 Å². The van der Waals surface area contributed by atoms with Crippen LogP contribution in [0.5, 0.6) is 5.75 Å². The Morgan fingerprint density at radius 1 is 1.14 bits per heavy atom. The molecule has 5 unspecified atom stereocenters. The summed E-state index contributed by atoms with van der Waals surface area (Å²) in [4.78, 5) is 0.0999. The fraction of sp³-hybridized carbons (Fsp3) is 0.368. The molecule has 6 N–H and O–H groups in total. The lowest BCUT2D eigenvalue weighted by molar-refractivity contribution is -0.332. The Labute approximate surface area is 167 Å². The molecule has 1 aliphatic rings. The monoisotopic (exact) mass is 425 g/mol. The topological polar surface area (TPSA) is 157 Å². The van der Waals surface area contributed by atoms with Gasteiger partial charge in [0.2, 0.25) is 16.3 Å². The highest BCUT2D eigenvalue weighted by molar-refractivity contribution is 7.89. The highest BCUT2D eigenvalue weighted by Gasteiger charge is 2.65. The maximum absolute atomic E-state index is 12.2. The van der Waals surface area contributed by atoms with Crippen LogP contribution in [0.1, 0.15) is 0 Å². The molecule has 5 atom stereocenters. The van der Waals surface area contributed by atoms with Crippen molar-refractivity contribution in [1.29, 1.82) is 0 Å². The molecule has 0 amide bonds. The van der Waals surface area contributed by atoms with Gasteiger partial charge in [-0.15, -0.1) is 0 Å². The molecule has 0 radical (unpaired) electrons. The Hall–Kier alpha value is -2.05. The standard InChI is InChI=1S/C19H23NO8S/c1-20-29(26,27)15-5-3-2-4-13(15)11-6-8-12(9-7-11)28-18(24)19(25)14(10-21)16(22)17(19)23/h2-9,14,16-18,20-25H,10H2,1H3. The van der Waals surface area contributed by atoms with Crippen molar-refractivity contribution in [3.8, 4) is 16.9 Å². The van der Waals surface area contributed by atoms with Gasteiger partial charge in [-0.1, -0.05) is 30.3 Å². The highest BCUT2D eigenvalue weighted by atomic mass is 32.2. The lowest BCUT2D eigenvalue weighted by Crippen LogP contribution is -2.76. The third kappa shape index (κ3) is 3.64. The van der Waals surface area contributed by atoms with Crippen LogP contribution in [-0.4, -0.2) is 71.7 Å². The quantitative estimate of drug-likeness (QED) is 0.310. The molecule has 0 spiro atoms. The van der Waals surface area contributed by atoms with Crippen molar-refractivity contribution in [2.24, 2.45) is 5.92 Å². The van der Waals surface area contributed by atoms with Crippen molar-refractivity contribution in [2.75, 3.05) is 13.7 Å². The van der Waals surface area contributed by atoms with Crippen molar-refractivity contribution in [3.63, 3.8) is 0 Å². The smallest absolute Gasteiger partial charge is 0.240 e. The predicted molar refractivity (Wildman–Crippen MR) is 102 cm³/mol. The summed E-state index contributed by atoms with van der Waals surface area (Å²) in [5.41, 5.74) is -1.18. The molecule has 0 bridgehead atoms. The molecule has 158 valence electrons. The molecular weight excluding hydrogens is 402 g/mol. The molecule has 2 aromatic carbocycles. The summed E-state index contributed by atoms with van der Waals surface area (Å²) < 4.78 is 32.0. The third-order valence-corrected chi connectivity index (χ3v) is 6.73. The zero-order valence-electron chi connectivity index (χ0n) is 15.5. The number of sulfonamides is 1. The van der Waals surface area contributed by atoms with Gasteiger partial charge in [0.25, 0.3) is 0 Å². The van der Waals surface area contributed by atoms with Crippen molar-refractivity contribution >= 4 is 10.0 Å². The number of nitrogens with one attached hydrogen (secondary N) is 1. The molecule has 3 rings (SSSR count). The maximum atomic E-state index is 12.2. The lowest BCUT2D eigenvalue weighted by Gasteiger charge is -2.53. The molecule has 10 heteroatoms. The van der Waals surface area contributed by atoms with Crippen LogP contribution in [0.4, 0.5) is 0 Å². The van der Waals surface area contributed by atoms with E-state index in [0.29, 0.717) is 11.1 Å². The minimum Gasteiger partial charge on any atom is -0.462 e. The predicted octanol–water partition coefficient (Wildman–Crippen LogP) is -0.966. The summed E-state index contributed by atoms with van der Waals surface area (Å²) in [5.74, 6) is -1.03. The molecule has 29 heavy (non-hydrogen) atoms. The van der Waals surface area contributed by atoms with Crippen LogP contribution < -0.4 is 9.46 Å². The van der Waals surface area contributed by atoms with E-state index in [0.717, 1.165) is 0 Å². The van der Waals surface area contributed by atoms with Gasteiger partial charge in [0, 0.05) is 11.5 Å². The second-order valence-electron chi connectivity index (χ2n) is 6.81. The van der Waals surface area contributed by atoms with Crippen LogP contribution in [0.2, 0.25) is 0 Å².